The Morgan fingerprint density at radius 2 is 2.13 bits per heavy atom. The van der Waals surface area contributed by atoms with Crippen LogP contribution in [0.4, 0.5) is 0 Å². The molecule has 1 aromatic rings. The van der Waals surface area contributed by atoms with Crippen LogP contribution in [0.5, 0.6) is 0 Å². The lowest BCUT2D eigenvalue weighted by Gasteiger charge is -2.17. The Balaban J connectivity index is 2.68. The first kappa shape index (κ1) is 13.2. The van der Waals surface area contributed by atoms with E-state index in [4.69, 9.17) is 5.73 Å². The number of halogens is 1. The molecule has 0 bridgehead atoms. The van der Waals surface area contributed by atoms with Crippen LogP contribution in [0.3, 0.4) is 0 Å². The predicted molar refractivity (Wildman–Crippen MR) is 68.0 cm³/mol. The van der Waals surface area contributed by atoms with Crippen LogP contribution in [-0.2, 0) is 16.3 Å². The van der Waals surface area contributed by atoms with Crippen molar-refractivity contribution in [2.75, 3.05) is 6.26 Å². The third-order valence-electron chi connectivity index (χ3n) is 2.34. The number of nitrogens with two attached hydrogens (primary N) is 1. The summed E-state index contributed by atoms with van der Waals surface area (Å²) in [5, 5.41) is -0.502. The molecule has 1 rings (SSSR count). The van der Waals surface area contributed by atoms with Crippen LogP contribution in [-0.4, -0.2) is 26.0 Å². The van der Waals surface area contributed by atoms with Crippen LogP contribution < -0.4 is 5.73 Å². The lowest BCUT2D eigenvalue weighted by atomic mass is 10.1. The quantitative estimate of drug-likeness (QED) is 0.922. The van der Waals surface area contributed by atoms with Crippen molar-refractivity contribution >= 4 is 37.1 Å². The maximum absolute atomic E-state index is 11.3. The summed E-state index contributed by atoms with van der Waals surface area (Å²) in [7, 11) is -3.05. The molecule has 86 valence electrons. The Bertz CT molecular complexity index is 427. The van der Waals surface area contributed by atoms with Gasteiger partial charge in [-0.3, -0.25) is 0 Å². The summed E-state index contributed by atoms with van der Waals surface area (Å²) in [6.07, 6.45) is 1.83. The number of sulfone groups is 1. The minimum atomic E-state index is -3.05. The number of hydrogen-bond acceptors (Lipinski definition) is 4. The number of rotatable bonds is 4. The van der Waals surface area contributed by atoms with Gasteiger partial charge in [-0.1, -0.05) is 0 Å². The molecule has 2 atom stereocenters. The van der Waals surface area contributed by atoms with Gasteiger partial charge in [0.25, 0.3) is 0 Å². The van der Waals surface area contributed by atoms with Crippen LogP contribution >= 0.6 is 27.3 Å². The molecule has 3 nitrogen and oxygen atoms in total. The van der Waals surface area contributed by atoms with Crippen molar-refractivity contribution in [1.29, 1.82) is 0 Å². The summed E-state index contributed by atoms with van der Waals surface area (Å²) in [6.45, 7) is 1.66. The fourth-order valence-corrected chi connectivity index (χ4v) is 3.46. The maximum Gasteiger partial charge on any atom is 0.151 e. The van der Waals surface area contributed by atoms with Gasteiger partial charge in [0.2, 0.25) is 0 Å². The van der Waals surface area contributed by atoms with E-state index in [0.717, 1.165) is 8.66 Å². The average Bonchev–Trinajstić information content (AvgIpc) is 2.48. The summed E-state index contributed by atoms with van der Waals surface area (Å²) < 4.78 is 23.6. The molecule has 1 aromatic heterocycles. The van der Waals surface area contributed by atoms with Crippen LogP contribution in [0.25, 0.3) is 0 Å². The molecule has 0 aliphatic rings. The van der Waals surface area contributed by atoms with Gasteiger partial charge < -0.3 is 5.73 Å². The van der Waals surface area contributed by atoms with Gasteiger partial charge in [-0.15, -0.1) is 11.3 Å². The Kier molecular flexibility index (Phi) is 4.34. The first-order valence-electron chi connectivity index (χ1n) is 4.49. The molecule has 2 unspecified atom stereocenters. The third-order valence-corrected chi connectivity index (χ3v) is 5.69. The van der Waals surface area contributed by atoms with Crippen molar-refractivity contribution in [3.63, 3.8) is 0 Å². The first-order chi connectivity index (χ1) is 6.80. The predicted octanol–water partition coefficient (Wildman–Crippen LogP) is 1.81. The van der Waals surface area contributed by atoms with Gasteiger partial charge in [-0.05, 0) is 41.4 Å². The van der Waals surface area contributed by atoms with Crippen molar-refractivity contribution in [2.45, 2.75) is 24.6 Å². The van der Waals surface area contributed by atoms with E-state index >= 15 is 0 Å². The van der Waals surface area contributed by atoms with Gasteiger partial charge in [0, 0.05) is 17.2 Å². The molecule has 2 N–H and O–H groups in total. The summed E-state index contributed by atoms with van der Waals surface area (Å²) in [5.74, 6) is 0. The zero-order valence-corrected chi connectivity index (χ0v) is 11.8. The summed E-state index contributed by atoms with van der Waals surface area (Å²) in [5.41, 5.74) is 5.86. The highest BCUT2D eigenvalue weighted by Gasteiger charge is 2.23. The smallest absolute Gasteiger partial charge is 0.151 e. The molecule has 0 aliphatic carbocycles. The van der Waals surface area contributed by atoms with Crippen molar-refractivity contribution in [3.8, 4) is 0 Å². The molecule has 0 amide bonds. The van der Waals surface area contributed by atoms with Gasteiger partial charge in [0.05, 0.1) is 9.04 Å². The standard InChI is InChI=1S/C9H14BrNO2S2/c1-6(15(2,12)13)8(11)5-7-3-4-9(10)14-7/h3-4,6,8H,5,11H2,1-2H3. The van der Waals surface area contributed by atoms with Crippen LogP contribution in [0, 0.1) is 0 Å². The van der Waals surface area contributed by atoms with Crippen LogP contribution in [0.15, 0.2) is 15.9 Å². The second-order valence-corrected chi connectivity index (χ2v) is 8.56. The molecule has 6 heteroatoms. The molecule has 0 aromatic carbocycles. The molecule has 0 spiro atoms. The molecule has 0 radical (unpaired) electrons. The van der Waals surface area contributed by atoms with Gasteiger partial charge in [0.1, 0.15) is 0 Å². The topological polar surface area (TPSA) is 60.2 Å². The molecule has 0 aliphatic heterocycles. The third kappa shape index (κ3) is 3.86. The molecular weight excluding hydrogens is 298 g/mol. The second-order valence-electron chi connectivity index (χ2n) is 3.61. The SMILES string of the molecule is CC(C(N)Cc1ccc(Br)s1)S(C)(=O)=O. The Morgan fingerprint density at radius 3 is 2.53 bits per heavy atom. The van der Waals surface area contributed by atoms with Crippen molar-refractivity contribution in [1.82, 2.24) is 0 Å². The summed E-state index contributed by atoms with van der Waals surface area (Å²) >= 11 is 4.94. The largest absolute Gasteiger partial charge is 0.326 e. The summed E-state index contributed by atoms with van der Waals surface area (Å²) in [6, 6.07) is 3.56. The zero-order valence-electron chi connectivity index (χ0n) is 8.60. The van der Waals surface area contributed by atoms with E-state index in [1.807, 2.05) is 12.1 Å². The number of thiophene rings is 1. The van der Waals surface area contributed by atoms with E-state index in [1.165, 1.54) is 6.26 Å². The molecule has 0 saturated heterocycles. The van der Waals surface area contributed by atoms with Crippen molar-refractivity contribution in [2.24, 2.45) is 5.73 Å². The lowest BCUT2D eigenvalue weighted by Crippen LogP contribution is -2.39. The number of hydrogen-bond donors (Lipinski definition) is 1. The minimum absolute atomic E-state index is 0.342. The molecule has 1 heterocycles. The monoisotopic (exact) mass is 311 g/mol. The van der Waals surface area contributed by atoms with E-state index in [9.17, 15) is 8.42 Å². The molecule has 0 fully saturated rings. The van der Waals surface area contributed by atoms with E-state index < -0.39 is 15.1 Å². The highest BCUT2D eigenvalue weighted by molar-refractivity contribution is 9.11. The zero-order chi connectivity index (χ0) is 11.6. The van der Waals surface area contributed by atoms with E-state index in [0.29, 0.717) is 6.42 Å². The first-order valence-corrected chi connectivity index (χ1v) is 8.06. The van der Waals surface area contributed by atoms with Crippen molar-refractivity contribution in [3.05, 3.63) is 20.8 Å². The van der Waals surface area contributed by atoms with Gasteiger partial charge in [-0.25, -0.2) is 8.42 Å². The summed E-state index contributed by atoms with van der Waals surface area (Å²) in [4.78, 5) is 1.10. The molecule has 0 saturated carbocycles. The van der Waals surface area contributed by atoms with Gasteiger partial charge >= 0.3 is 0 Å². The maximum atomic E-state index is 11.3. The van der Waals surface area contributed by atoms with E-state index in [-0.39, 0.29) is 6.04 Å². The van der Waals surface area contributed by atoms with Crippen molar-refractivity contribution < 1.29 is 8.42 Å². The average molecular weight is 312 g/mol. The highest BCUT2D eigenvalue weighted by atomic mass is 79.9. The Morgan fingerprint density at radius 1 is 1.53 bits per heavy atom. The Labute approximate surface area is 103 Å². The lowest BCUT2D eigenvalue weighted by molar-refractivity contribution is 0.563. The normalized spacial score (nSPS) is 16.3. The minimum Gasteiger partial charge on any atom is -0.326 e. The van der Waals surface area contributed by atoms with E-state index in [1.54, 1.807) is 18.3 Å². The highest BCUT2D eigenvalue weighted by Crippen LogP contribution is 2.23. The van der Waals surface area contributed by atoms with Gasteiger partial charge in [0.15, 0.2) is 9.84 Å². The van der Waals surface area contributed by atoms with Crippen LogP contribution in [0.2, 0.25) is 0 Å². The van der Waals surface area contributed by atoms with E-state index in [2.05, 4.69) is 15.9 Å². The van der Waals surface area contributed by atoms with Crippen LogP contribution in [0.1, 0.15) is 11.8 Å². The second kappa shape index (κ2) is 4.95. The molecular formula is C9H14BrNO2S2. The Hall–Kier alpha value is 0.0900. The fourth-order valence-electron chi connectivity index (χ4n) is 1.18. The fraction of sp³-hybridized carbons (Fsp3) is 0.556. The molecule has 15 heavy (non-hydrogen) atoms. The van der Waals surface area contributed by atoms with Gasteiger partial charge in [-0.2, -0.15) is 0 Å².